The topological polar surface area (TPSA) is 63.6 Å². The largest absolute Gasteiger partial charge is 0.463 e. The van der Waals surface area contributed by atoms with Crippen LogP contribution in [0.1, 0.15) is 31.1 Å². The van der Waals surface area contributed by atoms with Crippen molar-refractivity contribution in [1.29, 1.82) is 0 Å². The minimum atomic E-state index is -0.704. The first-order chi connectivity index (χ1) is 12.0. The highest BCUT2D eigenvalue weighted by atomic mass is 35.5. The Labute approximate surface area is 153 Å². The summed E-state index contributed by atoms with van der Waals surface area (Å²) in [7, 11) is 0. The molecule has 1 aromatic heterocycles. The lowest BCUT2D eigenvalue weighted by Gasteiger charge is -2.26. The van der Waals surface area contributed by atoms with E-state index in [1.165, 1.54) is 29.5 Å². The summed E-state index contributed by atoms with van der Waals surface area (Å²) in [4.78, 5) is 21.3. The molecule has 0 saturated carbocycles. The van der Waals surface area contributed by atoms with Crippen LogP contribution < -0.4 is 5.32 Å². The predicted molar refractivity (Wildman–Crippen MR) is 95.3 cm³/mol. The van der Waals surface area contributed by atoms with E-state index in [0.717, 1.165) is 0 Å². The highest BCUT2D eigenvalue weighted by Crippen LogP contribution is 2.36. The predicted octanol–water partition coefficient (Wildman–Crippen LogP) is 3.86. The van der Waals surface area contributed by atoms with Gasteiger partial charge in [0.05, 0.1) is 17.7 Å². The zero-order valence-corrected chi connectivity index (χ0v) is 15.1. The van der Waals surface area contributed by atoms with Gasteiger partial charge in [-0.05, 0) is 26.0 Å². The number of nitrogens with zero attached hydrogens (tertiary/aromatic N) is 2. The molecule has 0 amide bonds. The summed E-state index contributed by atoms with van der Waals surface area (Å²) in [5.74, 6) is -0.416. The van der Waals surface area contributed by atoms with Crippen molar-refractivity contribution in [3.63, 3.8) is 0 Å². The molecule has 0 spiro atoms. The first-order valence-corrected chi connectivity index (χ1v) is 8.89. The van der Waals surface area contributed by atoms with E-state index < -0.39 is 17.8 Å². The van der Waals surface area contributed by atoms with Gasteiger partial charge in [-0.1, -0.05) is 17.7 Å². The Morgan fingerprint density at radius 1 is 1.48 bits per heavy atom. The molecule has 0 saturated heterocycles. The van der Waals surface area contributed by atoms with E-state index >= 15 is 0 Å². The summed E-state index contributed by atoms with van der Waals surface area (Å²) < 4.78 is 18.6. The zero-order valence-electron chi connectivity index (χ0n) is 13.5. The van der Waals surface area contributed by atoms with Crippen LogP contribution in [0.4, 0.5) is 4.39 Å². The van der Waals surface area contributed by atoms with Crippen molar-refractivity contribution in [2.24, 2.45) is 4.99 Å². The second kappa shape index (κ2) is 7.33. The number of thiazole rings is 1. The Morgan fingerprint density at radius 2 is 2.28 bits per heavy atom. The number of carbonyl (C=O) groups is 1. The molecule has 1 N–H and O–H groups in total. The number of carbonyl (C=O) groups excluding carboxylic acids is 1. The van der Waals surface area contributed by atoms with Crippen LogP contribution in [0.15, 0.2) is 45.4 Å². The average Bonchev–Trinajstić information content (AvgIpc) is 3.08. The smallest absolute Gasteiger partial charge is 0.338 e. The maximum Gasteiger partial charge on any atom is 0.338 e. The average molecular weight is 380 g/mol. The van der Waals surface area contributed by atoms with Crippen molar-refractivity contribution < 1.29 is 13.9 Å². The van der Waals surface area contributed by atoms with Crippen molar-refractivity contribution in [3.8, 4) is 0 Å². The lowest BCUT2D eigenvalue weighted by Crippen LogP contribution is -2.33. The number of amidine groups is 1. The summed E-state index contributed by atoms with van der Waals surface area (Å²) in [6.45, 7) is 3.73. The normalized spacial score (nSPS) is 17.1. The molecule has 1 aromatic carbocycles. The molecular formula is C17H15ClFN3O2S. The Morgan fingerprint density at radius 3 is 2.92 bits per heavy atom. The van der Waals surface area contributed by atoms with E-state index in [0.29, 0.717) is 28.4 Å². The first-order valence-electron chi connectivity index (χ1n) is 7.57. The third-order valence-electron chi connectivity index (χ3n) is 3.67. The van der Waals surface area contributed by atoms with Gasteiger partial charge in [0.2, 0.25) is 0 Å². The standard InChI is InChI=1S/C17H15ClFN3O2S/c1-3-24-17(23)14-9(2)21-16(13-7-25-8-20-13)22-15(14)11-5-4-10(19)6-12(11)18/h4-8,15H,3H2,1-2H3,(H,21,22)/t15-/m1/s1. The van der Waals surface area contributed by atoms with Crippen LogP contribution in [0.5, 0.6) is 0 Å². The molecule has 0 bridgehead atoms. The number of halogens is 2. The summed E-state index contributed by atoms with van der Waals surface area (Å²) in [6, 6.07) is 3.32. The zero-order chi connectivity index (χ0) is 18.0. The minimum Gasteiger partial charge on any atom is -0.463 e. The van der Waals surface area contributed by atoms with Crippen LogP contribution in [0.3, 0.4) is 0 Å². The highest BCUT2D eigenvalue weighted by Gasteiger charge is 2.32. The molecule has 0 radical (unpaired) electrons. The van der Waals surface area contributed by atoms with Crippen LogP contribution in [0, 0.1) is 5.82 Å². The van der Waals surface area contributed by atoms with E-state index in [-0.39, 0.29) is 11.6 Å². The Bertz CT molecular complexity index is 865. The summed E-state index contributed by atoms with van der Waals surface area (Å²) in [5, 5.41) is 5.14. The van der Waals surface area contributed by atoms with Crippen LogP contribution in [-0.2, 0) is 9.53 Å². The monoisotopic (exact) mass is 379 g/mol. The molecule has 5 nitrogen and oxygen atoms in total. The second-order valence-corrected chi connectivity index (χ2v) is 6.43. The van der Waals surface area contributed by atoms with Crippen LogP contribution in [0.2, 0.25) is 5.02 Å². The van der Waals surface area contributed by atoms with Crippen LogP contribution in [0.25, 0.3) is 0 Å². The van der Waals surface area contributed by atoms with E-state index in [1.807, 2.05) is 5.38 Å². The van der Waals surface area contributed by atoms with Crippen LogP contribution in [-0.4, -0.2) is 23.4 Å². The fraction of sp³-hybridized carbons (Fsp3) is 0.235. The van der Waals surface area contributed by atoms with Crippen molar-refractivity contribution >= 4 is 34.7 Å². The number of rotatable bonds is 4. The van der Waals surface area contributed by atoms with Crippen molar-refractivity contribution in [3.05, 3.63) is 62.5 Å². The molecule has 1 atom stereocenters. The van der Waals surface area contributed by atoms with E-state index in [1.54, 1.807) is 19.4 Å². The summed E-state index contributed by atoms with van der Waals surface area (Å²) >= 11 is 7.65. The van der Waals surface area contributed by atoms with Crippen molar-refractivity contribution in [1.82, 2.24) is 10.3 Å². The van der Waals surface area contributed by atoms with Gasteiger partial charge in [0.25, 0.3) is 0 Å². The lowest BCUT2D eigenvalue weighted by molar-refractivity contribution is -0.138. The van der Waals surface area contributed by atoms with E-state index in [9.17, 15) is 9.18 Å². The number of allylic oxidation sites excluding steroid dienone is 1. The SMILES string of the molecule is CCOC(=O)C1=C(C)NC(c2cscn2)=N[C@@H]1c1ccc(F)cc1Cl. The van der Waals surface area contributed by atoms with Gasteiger partial charge in [-0.3, -0.25) is 4.99 Å². The van der Waals surface area contributed by atoms with E-state index in [4.69, 9.17) is 16.3 Å². The number of nitrogens with one attached hydrogen (secondary N) is 1. The molecule has 0 unspecified atom stereocenters. The summed E-state index contributed by atoms with van der Waals surface area (Å²) in [5.41, 5.74) is 3.82. The number of aromatic nitrogens is 1. The van der Waals surface area contributed by atoms with Crippen molar-refractivity contribution in [2.45, 2.75) is 19.9 Å². The molecule has 1 aliphatic heterocycles. The first kappa shape index (κ1) is 17.6. The molecule has 3 rings (SSSR count). The fourth-order valence-electron chi connectivity index (χ4n) is 2.56. The Hall–Kier alpha value is -2.25. The molecule has 130 valence electrons. The third kappa shape index (κ3) is 3.57. The van der Waals surface area contributed by atoms with Gasteiger partial charge in [-0.25, -0.2) is 14.2 Å². The van der Waals surface area contributed by atoms with Gasteiger partial charge < -0.3 is 10.1 Å². The molecule has 2 aromatic rings. The van der Waals surface area contributed by atoms with Gasteiger partial charge >= 0.3 is 5.97 Å². The third-order valence-corrected chi connectivity index (χ3v) is 4.58. The molecule has 1 aliphatic rings. The minimum absolute atomic E-state index is 0.197. The maximum absolute atomic E-state index is 13.4. The van der Waals surface area contributed by atoms with Gasteiger partial charge in [0, 0.05) is 21.7 Å². The van der Waals surface area contributed by atoms with E-state index in [2.05, 4.69) is 15.3 Å². The summed E-state index contributed by atoms with van der Waals surface area (Å²) in [6.07, 6.45) is 0. The molecule has 0 fully saturated rings. The maximum atomic E-state index is 13.4. The highest BCUT2D eigenvalue weighted by molar-refractivity contribution is 7.07. The quantitative estimate of drug-likeness (QED) is 0.819. The van der Waals surface area contributed by atoms with Crippen molar-refractivity contribution in [2.75, 3.05) is 6.61 Å². The number of aliphatic imine (C=N–C) groups is 1. The van der Waals surface area contributed by atoms with Gasteiger partial charge in [0.15, 0.2) is 5.84 Å². The van der Waals surface area contributed by atoms with Gasteiger partial charge in [-0.15, -0.1) is 11.3 Å². The Balaban J connectivity index is 2.11. The molecule has 8 heteroatoms. The number of ether oxygens (including phenoxy) is 1. The van der Waals surface area contributed by atoms with Gasteiger partial charge in [0.1, 0.15) is 17.6 Å². The van der Waals surface area contributed by atoms with Gasteiger partial charge in [-0.2, -0.15) is 0 Å². The molecule has 2 heterocycles. The Kier molecular flexibility index (Phi) is 5.15. The molecular weight excluding hydrogens is 365 g/mol. The van der Waals surface area contributed by atoms with Crippen LogP contribution >= 0.6 is 22.9 Å². The number of hydrogen-bond acceptors (Lipinski definition) is 6. The lowest BCUT2D eigenvalue weighted by atomic mass is 9.95. The molecule has 0 aliphatic carbocycles. The second-order valence-electron chi connectivity index (χ2n) is 5.30. The fourth-order valence-corrected chi connectivity index (χ4v) is 3.36. The number of hydrogen-bond donors (Lipinski definition) is 1. The number of benzene rings is 1. The number of esters is 1. The molecule has 25 heavy (non-hydrogen) atoms.